The number of ether oxygens (including phenoxy) is 1. The van der Waals surface area contributed by atoms with Crippen LogP contribution >= 0.6 is 0 Å². The van der Waals surface area contributed by atoms with Gasteiger partial charge in [-0.3, -0.25) is 0 Å². The van der Waals surface area contributed by atoms with Crippen LogP contribution in [0.3, 0.4) is 0 Å². The second kappa shape index (κ2) is 5.26. The molecule has 2 nitrogen and oxygen atoms in total. The standard InChI is InChI=1S/C11H19NO/c1-4-6-12-10-5-7-13-11(8-10)9(2)3/h1,9-12H,5-8H2,2-3H3. The zero-order chi connectivity index (χ0) is 9.68. The summed E-state index contributed by atoms with van der Waals surface area (Å²) in [6.45, 7) is 5.95. The Morgan fingerprint density at radius 3 is 3.00 bits per heavy atom. The first-order chi connectivity index (χ1) is 6.24. The van der Waals surface area contributed by atoms with Gasteiger partial charge in [0.1, 0.15) is 0 Å². The predicted molar refractivity (Wildman–Crippen MR) is 54.4 cm³/mol. The molecule has 0 spiro atoms. The van der Waals surface area contributed by atoms with Crippen LogP contribution in [0.15, 0.2) is 0 Å². The number of hydrogen-bond acceptors (Lipinski definition) is 2. The number of terminal acetylenes is 1. The highest BCUT2D eigenvalue weighted by Gasteiger charge is 2.23. The fourth-order valence-corrected chi connectivity index (χ4v) is 1.68. The third-order valence-corrected chi connectivity index (χ3v) is 2.55. The Kier molecular flexibility index (Phi) is 4.27. The van der Waals surface area contributed by atoms with E-state index >= 15 is 0 Å². The van der Waals surface area contributed by atoms with E-state index in [0.29, 0.717) is 24.6 Å². The van der Waals surface area contributed by atoms with Crippen molar-refractivity contribution < 1.29 is 4.74 Å². The Morgan fingerprint density at radius 2 is 2.38 bits per heavy atom. The van der Waals surface area contributed by atoms with Crippen molar-refractivity contribution in [2.45, 2.75) is 38.8 Å². The second-order valence-electron chi connectivity index (χ2n) is 3.96. The molecular formula is C11H19NO. The summed E-state index contributed by atoms with van der Waals surface area (Å²) >= 11 is 0. The van der Waals surface area contributed by atoms with Crippen molar-refractivity contribution >= 4 is 0 Å². The molecule has 1 aliphatic rings. The number of rotatable bonds is 3. The van der Waals surface area contributed by atoms with Crippen LogP contribution in [0.1, 0.15) is 26.7 Å². The van der Waals surface area contributed by atoms with Gasteiger partial charge in [-0.25, -0.2) is 0 Å². The molecule has 0 aromatic heterocycles. The topological polar surface area (TPSA) is 21.3 Å². The maximum atomic E-state index is 5.66. The minimum Gasteiger partial charge on any atom is -0.378 e. The summed E-state index contributed by atoms with van der Waals surface area (Å²) in [5, 5.41) is 3.34. The van der Waals surface area contributed by atoms with Crippen molar-refractivity contribution in [1.82, 2.24) is 5.32 Å². The van der Waals surface area contributed by atoms with Crippen LogP contribution in [0.5, 0.6) is 0 Å². The maximum absolute atomic E-state index is 5.66. The Balaban J connectivity index is 2.29. The molecule has 2 heteroatoms. The maximum Gasteiger partial charge on any atom is 0.0612 e. The molecule has 1 rings (SSSR count). The minimum atomic E-state index is 0.407. The van der Waals surface area contributed by atoms with Gasteiger partial charge in [0.15, 0.2) is 0 Å². The van der Waals surface area contributed by atoms with Gasteiger partial charge >= 0.3 is 0 Å². The van der Waals surface area contributed by atoms with E-state index in [1.807, 2.05) is 0 Å². The molecule has 0 radical (unpaired) electrons. The van der Waals surface area contributed by atoms with Crippen LogP contribution in [0.2, 0.25) is 0 Å². The zero-order valence-electron chi connectivity index (χ0n) is 8.55. The van der Waals surface area contributed by atoms with Crippen molar-refractivity contribution in [2.75, 3.05) is 13.2 Å². The van der Waals surface area contributed by atoms with Crippen molar-refractivity contribution in [2.24, 2.45) is 5.92 Å². The van der Waals surface area contributed by atoms with Gasteiger partial charge in [0.05, 0.1) is 12.6 Å². The summed E-state index contributed by atoms with van der Waals surface area (Å²) in [6.07, 6.45) is 7.79. The molecule has 1 N–H and O–H groups in total. The van der Waals surface area contributed by atoms with Gasteiger partial charge in [-0.2, -0.15) is 0 Å². The van der Waals surface area contributed by atoms with Crippen LogP contribution in [0, 0.1) is 18.3 Å². The smallest absolute Gasteiger partial charge is 0.0612 e. The fraction of sp³-hybridized carbons (Fsp3) is 0.818. The van der Waals surface area contributed by atoms with Crippen LogP contribution in [-0.2, 0) is 4.74 Å². The lowest BCUT2D eigenvalue weighted by molar-refractivity contribution is -0.0237. The van der Waals surface area contributed by atoms with E-state index < -0.39 is 0 Å². The Hall–Kier alpha value is -0.520. The fourth-order valence-electron chi connectivity index (χ4n) is 1.68. The second-order valence-corrected chi connectivity index (χ2v) is 3.96. The molecule has 0 aromatic carbocycles. The van der Waals surface area contributed by atoms with Crippen LogP contribution in [0.4, 0.5) is 0 Å². The first kappa shape index (κ1) is 10.6. The first-order valence-electron chi connectivity index (χ1n) is 5.02. The van der Waals surface area contributed by atoms with Crippen molar-refractivity contribution in [1.29, 1.82) is 0 Å². The third kappa shape index (κ3) is 3.38. The monoisotopic (exact) mass is 181 g/mol. The van der Waals surface area contributed by atoms with Gasteiger partial charge in [0, 0.05) is 12.6 Å². The highest BCUT2D eigenvalue weighted by atomic mass is 16.5. The van der Waals surface area contributed by atoms with Crippen LogP contribution < -0.4 is 5.32 Å². The zero-order valence-corrected chi connectivity index (χ0v) is 8.55. The molecule has 2 atom stereocenters. The molecule has 0 bridgehead atoms. The molecule has 1 fully saturated rings. The summed E-state index contributed by atoms with van der Waals surface area (Å²) in [6, 6.07) is 0.553. The van der Waals surface area contributed by atoms with Gasteiger partial charge in [0.2, 0.25) is 0 Å². The molecule has 0 saturated carbocycles. The van der Waals surface area contributed by atoms with Crippen molar-refractivity contribution in [3.05, 3.63) is 0 Å². The summed E-state index contributed by atoms with van der Waals surface area (Å²) in [4.78, 5) is 0. The lowest BCUT2D eigenvalue weighted by Gasteiger charge is -2.32. The first-order valence-corrected chi connectivity index (χ1v) is 5.02. The normalized spacial score (nSPS) is 28.8. The minimum absolute atomic E-state index is 0.407. The predicted octanol–water partition coefficient (Wildman–Crippen LogP) is 1.41. The van der Waals surface area contributed by atoms with Gasteiger partial charge in [-0.15, -0.1) is 6.42 Å². The molecular weight excluding hydrogens is 162 g/mol. The number of hydrogen-bond donors (Lipinski definition) is 1. The summed E-state index contributed by atoms with van der Waals surface area (Å²) < 4.78 is 5.66. The van der Waals surface area contributed by atoms with Gasteiger partial charge in [0.25, 0.3) is 0 Å². The largest absolute Gasteiger partial charge is 0.378 e. The molecule has 74 valence electrons. The highest BCUT2D eigenvalue weighted by molar-refractivity contribution is 4.89. The molecule has 2 unspecified atom stereocenters. The van der Waals surface area contributed by atoms with E-state index in [0.717, 1.165) is 19.4 Å². The van der Waals surface area contributed by atoms with Crippen LogP contribution in [0.25, 0.3) is 0 Å². The number of nitrogens with one attached hydrogen (secondary N) is 1. The third-order valence-electron chi connectivity index (χ3n) is 2.55. The van der Waals surface area contributed by atoms with Crippen molar-refractivity contribution in [3.8, 4) is 12.3 Å². The summed E-state index contributed by atoms with van der Waals surface area (Å²) in [5.74, 6) is 3.21. The molecule has 1 heterocycles. The molecule has 1 saturated heterocycles. The van der Waals surface area contributed by atoms with Gasteiger partial charge in [-0.1, -0.05) is 19.8 Å². The van der Waals surface area contributed by atoms with E-state index in [2.05, 4.69) is 25.1 Å². The van der Waals surface area contributed by atoms with Crippen molar-refractivity contribution in [3.63, 3.8) is 0 Å². The van der Waals surface area contributed by atoms with E-state index in [4.69, 9.17) is 11.2 Å². The van der Waals surface area contributed by atoms with Gasteiger partial charge < -0.3 is 10.1 Å². The Labute approximate surface area is 81.0 Å². The van der Waals surface area contributed by atoms with Gasteiger partial charge in [-0.05, 0) is 18.8 Å². The summed E-state index contributed by atoms with van der Waals surface area (Å²) in [5.41, 5.74) is 0. The van der Waals surface area contributed by atoms with E-state index in [-0.39, 0.29) is 0 Å². The SMILES string of the molecule is C#CCNC1CCOC(C(C)C)C1. The van der Waals surface area contributed by atoms with Crippen LogP contribution in [-0.4, -0.2) is 25.3 Å². The molecule has 1 aliphatic heterocycles. The molecule has 0 amide bonds. The lowest BCUT2D eigenvalue weighted by atomic mass is 9.95. The Morgan fingerprint density at radius 1 is 1.62 bits per heavy atom. The average Bonchev–Trinajstić information content (AvgIpc) is 2.15. The average molecular weight is 181 g/mol. The van der Waals surface area contributed by atoms with E-state index in [1.165, 1.54) is 0 Å². The lowest BCUT2D eigenvalue weighted by Crippen LogP contribution is -2.40. The van der Waals surface area contributed by atoms with E-state index in [1.54, 1.807) is 0 Å². The molecule has 0 aliphatic carbocycles. The molecule has 13 heavy (non-hydrogen) atoms. The Bertz CT molecular complexity index is 183. The summed E-state index contributed by atoms with van der Waals surface area (Å²) in [7, 11) is 0. The van der Waals surface area contributed by atoms with E-state index in [9.17, 15) is 0 Å². The quantitative estimate of drug-likeness (QED) is 0.665. The molecule has 0 aromatic rings. The highest BCUT2D eigenvalue weighted by Crippen LogP contribution is 2.19.